The molecule has 0 radical (unpaired) electrons. The Hall–Kier alpha value is -2.95. The van der Waals surface area contributed by atoms with Gasteiger partial charge in [0.15, 0.2) is 5.82 Å². The molecule has 3 rings (SSSR count). The Labute approximate surface area is 150 Å². The van der Waals surface area contributed by atoms with E-state index in [9.17, 15) is 4.79 Å². The summed E-state index contributed by atoms with van der Waals surface area (Å²) < 4.78 is 17.1. The van der Waals surface area contributed by atoms with Crippen LogP contribution in [0.2, 0.25) is 0 Å². The van der Waals surface area contributed by atoms with Crippen molar-refractivity contribution < 1.29 is 19.0 Å². The highest BCUT2D eigenvalue weighted by molar-refractivity contribution is 5.96. The van der Waals surface area contributed by atoms with Gasteiger partial charge in [-0.15, -0.1) is 5.10 Å². The number of carbonyl (C=O) groups excluding carboxylic acids is 1. The van der Waals surface area contributed by atoms with Gasteiger partial charge < -0.3 is 24.4 Å². The summed E-state index contributed by atoms with van der Waals surface area (Å²) in [5.74, 6) is 0.826. The van der Waals surface area contributed by atoms with Crippen LogP contribution in [-0.2, 0) is 18.3 Å². The van der Waals surface area contributed by atoms with Gasteiger partial charge in [0.05, 0.1) is 34.0 Å². The first kappa shape index (κ1) is 17.9. The number of rotatable bonds is 6. The average molecular weight is 363 g/mol. The summed E-state index contributed by atoms with van der Waals surface area (Å²) in [6.07, 6.45) is 1.58. The zero-order valence-corrected chi connectivity index (χ0v) is 14.9. The first-order chi connectivity index (χ1) is 12.6. The maximum Gasteiger partial charge on any atom is 0.321 e. The number of methoxy groups -OCH3 is 2. The molecule has 0 spiro atoms. The number of aromatic nitrogens is 5. The molecule has 26 heavy (non-hydrogen) atoms. The van der Waals surface area contributed by atoms with Gasteiger partial charge >= 0.3 is 6.01 Å². The molecule has 0 saturated carbocycles. The van der Waals surface area contributed by atoms with Crippen molar-refractivity contribution in [3.63, 3.8) is 0 Å². The molecule has 0 atom stereocenters. The normalized spacial score (nSPS) is 14.2. The number of ether oxygens (including phenoxy) is 3. The molecule has 11 heteroatoms. The van der Waals surface area contributed by atoms with Gasteiger partial charge in [0.2, 0.25) is 11.8 Å². The summed E-state index contributed by atoms with van der Waals surface area (Å²) in [6, 6.07) is 0.199. The molecule has 2 aromatic heterocycles. The lowest BCUT2D eigenvalue weighted by Crippen LogP contribution is -2.37. The summed E-state index contributed by atoms with van der Waals surface area (Å²) in [5, 5.41) is 6.82. The van der Waals surface area contributed by atoms with E-state index in [1.807, 2.05) is 4.90 Å². The third-order valence-corrected chi connectivity index (χ3v) is 3.77. The fourth-order valence-corrected chi connectivity index (χ4v) is 2.49. The molecule has 0 unspecified atom stereocenters. The van der Waals surface area contributed by atoms with Gasteiger partial charge in [-0.25, -0.2) is 0 Å². The highest BCUT2D eigenvalue weighted by Gasteiger charge is 2.19. The van der Waals surface area contributed by atoms with E-state index in [2.05, 4.69) is 25.4 Å². The minimum absolute atomic E-state index is 0.118. The molecule has 140 valence electrons. The monoisotopic (exact) mass is 363 g/mol. The number of anilines is 1. The van der Waals surface area contributed by atoms with Gasteiger partial charge in [0.1, 0.15) is 5.56 Å². The number of morpholine rings is 1. The zero-order chi connectivity index (χ0) is 18.5. The van der Waals surface area contributed by atoms with Crippen molar-refractivity contribution in [2.75, 3.05) is 45.4 Å². The predicted octanol–water partition coefficient (Wildman–Crippen LogP) is -0.611. The Bertz CT molecular complexity index is 773. The van der Waals surface area contributed by atoms with Crippen LogP contribution in [0.3, 0.4) is 0 Å². The van der Waals surface area contributed by atoms with Gasteiger partial charge in [-0.3, -0.25) is 9.48 Å². The number of aryl methyl sites for hydroxylation is 1. The molecule has 1 amide bonds. The van der Waals surface area contributed by atoms with Crippen LogP contribution < -0.4 is 19.7 Å². The van der Waals surface area contributed by atoms with Crippen LogP contribution in [0.15, 0.2) is 6.20 Å². The third kappa shape index (κ3) is 3.99. The van der Waals surface area contributed by atoms with Gasteiger partial charge in [0, 0.05) is 26.3 Å². The lowest BCUT2D eigenvalue weighted by Gasteiger charge is -2.26. The predicted molar refractivity (Wildman–Crippen MR) is 90.3 cm³/mol. The molecule has 0 aliphatic carbocycles. The van der Waals surface area contributed by atoms with Crippen molar-refractivity contribution in [2.45, 2.75) is 6.54 Å². The number of nitrogens with one attached hydrogen (secondary N) is 1. The molecular formula is C15H21N7O4. The van der Waals surface area contributed by atoms with E-state index in [0.29, 0.717) is 43.6 Å². The molecule has 1 N–H and O–H groups in total. The molecule has 0 aromatic carbocycles. The molecule has 11 nitrogen and oxygen atoms in total. The maximum absolute atomic E-state index is 12.4. The van der Waals surface area contributed by atoms with Crippen LogP contribution in [0.4, 0.5) is 5.95 Å². The SMILES string of the molecule is COc1nc(CNC(=O)c2cn(C)nc2OC)nc(N2CCOCC2)n1. The average Bonchev–Trinajstić information content (AvgIpc) is 3.07. The van der Waals surface area contributed by atoms with E-state index >= 15 is 0 Å². The molecule has 0 bridgehead atoms. The van der Waals surface area contributed by atoms with Crippen molar-refractivity contribution in [2.24, 2.45) is 7.05 Å². The third-order valence-electron chi connectivity index (χ3n) is 3.77. The van der Waals surface area contributed by atoms with E-state index in [1.54, 1.807) is 13.2 Å². The fourth-order valence-electron chi connectivity index (χ4n) is 2.49. The smallest absolute Gasteiger partial charge is 0.321 e. The highest BCUT2D eigenvalue weighted by atomic mass is 16.5. The van der Waals surface area contributed by atoms with Crippen LogP contribution in [0.25, 0.3) is 0 Å². The van der Waals surface area contributed by atoms with E-state index in [4.69, 9.17) is 14.2 Å². The summed E-state index contributed by atoms with van der Waals surface area (Å²) in [4.78, 5) is 27.2. The van der Waals surface area contributed by atoms with E-state index in [1.165, 1.54) is 18.9 Å². The Morgan fingerprint density at radius 3 is 2.69 bits per heavy atom. The number of carbonyl (C=O) groups is 1. The van der Waals surface area contributed by atoms with Crippen molar-refractivity contribution in [3.8, 4) is 11.9 Å². The second-order valence-corrected chi connectivity index (χ2v) is 5.55. The van der Waals surface area contributed by atoms with Gasteiger partial charge in [-0.05, 0) is 0 Å². The Morgan fingerprint density at radius 2 is 2.00 bits per heavy atom. The minimum atomic E-state index is -0.331. The molecule has 2 aromatic rings. The molecule has 3 heterocycles. The standard InChI is InChI=1S/C15H21N7O4/c1-21-9-10(13(20-21)24-2)12(23)16-8-11-17-14(19-15(18-11)25-3)22-4-6-26-7-5-22/h9H,4-8H2,1-3H3,(H,16,23). The lowest BCUT2D eigenvalue weighted by molar-refractivity contribution is 0.0946. The molecule has 1 fully saturated rings. The van der Waals surface area contributed by atoms with Crippen LogP contribution in [0, 0.1) is 0 Å². The topological polar surface area (TPSA) is 117 Å². The summed E-state index contributed by atoms with van der Waals surface area (Å²) in [6.45, 7) is 2.71. The molecule has 1 aliphatic heterocycles. The Kier molecular flexibility index (Phi) is 5.46. The molecule has 1 saturated heterocycles. The summed E-state index contributed by atoms with van der Waals surface area (Å²) in [5.41, 5.74) is 0.337. The van der Waals surface area contributed by atoms with Gasteiger partial charge in [-0.1, -0.05) is 0 Å². The Balaban J connectivity index is 1.73. The summed E-state index contributed by atoms with van der Waals surface area (Å²) >= 11 is 0. The van der Waals surface area contributed by atoms with Crippen molar-refractivity contribution in [1.82, 2.24) is 30.0 Å². The number of hydrogen-bond donors (Lipinski definition) is 1. The summed E-state index contributed by atoms with van der Waals surface area (Å²) in [7, 11) is 4.66. The van der Waals surface area contributed by atoms with Gasteiger partial charge in [-0.2, -0.15) is 15.0 Å². The van der Waals surface area contributed by atoms with Crippen LogP contribution in [-0.4, -0.2) is 71.2 Å². The van der Waals surface area contributed by atoms with E-state index < -0.39 is 0 Å². The van der Waals surface area contributed by atoms with Crippen molar-refractivity contribution in [1.29, 1.82) is 0 Å². The van der Waals surface area contributed by atoms with E-state index in [0.717, 1.165) is 0 Å². The zero-order valence-electron chi connectivity index (χ0n) is 14.9. The van der Waals surface area contributed by atoms with Crippen LogP contribution in [0.1, 0.15) is 16.2 Å². The number of hydrogen-bond acceptors (Lipinski definition) is 9. The van der Waals surface area contributed by atoms with Crippen LogP contribution in [0.5, 0.6) is 11.9 Å². The quantitative estimate of drug-likeness (QED) is 0.717. The van der Waals surface area contributed by atoms with Crippen LogP contribution >= 0.6 is 0 Å². The Morgan fingerprint density at radius 1 is 1.23 bits per heavy atom. The first-order valence-corrected chi connectivity index (χ1v) is 8.08. The highest BCUT2D eigenvalue weighted by Crippen LogP contribution is 2.16. The first-order valence-electron chi connectivity index (χ1n) is 8.08. The van der Waals surface area contributed by atoms with E-state index in [-0.39, 0.29) is 24.3 Å². The number of amides is 1. The fraction of sp³-hybridized carbons (Fsp3) is 0.533. The molecular weight excluding hydrogens is 342 g/mol. The molecule has 1 aliphatic rings. The van der Waals surface area contributed by atoms with Gasteiger partial charge in [0.25, 0.3) is 5.91 Å². The van der Waals surface area contributed by atoms with Crippen molar-refractivity contribution >= 4 is 11.9 Å². The number of nitrogens with zero attached hydrogens (tertiary/aromatic N) is 6. The van der Waals surface area contributed by atoms with Crippen molar-refractivity contribution in [3.05, 3.63) is 17.6 Å². The minimum Gasteiger partial charge on any atom is -0.479 e. The lowest BCUT2D eigenvalue weighted by atomic mass is 10.3. The second kappa shape index (κ2) is 7.95. The second-order valence-electron chi connectivity index (χ2n) is 5.55. The maximum atomic E-state index is 12.4. The largest absolute Gasteiger partial charge is 0.479 e.